The van der Waals surface area contributed by atoms with E-state index in [0.29, 0.717) is 22.0 Å². The highest BCUT2D eigenvalue weighted by Gasteiger charge is 2.15. The summed E-state index contributed by atoms with van der Waals surface area (Å²) in [7, 11) is 0. The number of benzene rings is 1. The Labute approximate surface area is 108 Å². The Bertz CT molecular complexity index is 738. The summed E-state index contributed by atoms with van der Waals surface area (Å²) in [4.78, 5) is 14.6. The third kappa shape index (κ3) is 1.76. The smallest absolute Gasteiger partial charge is 0.297 e. The van der Waals surface area contributed by atoms with Crippen molar-refractivity contribution in [3.63, 3.8) is 0 Å². The number of hydrogen-bond acceptors (Lipinski definition) is 3. The van der Waals surface area contributed by atoms with Gasteiger partial charge in [-0.25, -0.2) is 0 Å². The number of H-pyrrole nitrogens is 1. The summed E-state index contributed by atoms with van der Waals surface area (Å²) in [5, 5.41) is 8.23. The van der Waals surface area contributed by atoms with Crippen molar-refractivity contribution in [1.29, 1.82) is 0 Å². The zero-order chi connectivity index (χ0) is 12.5. The van der Waals surface area contributed by atoms with Gasteiger partial charge in [-0.15, -0.1) is 10.2 Å². The summed E-state index contributed by atoms with van der Waals surface area (Å²) in [6.45, 7) is 0. The summed E-state index contributed by atoms with van der Waals surface area (Å²) < 4.78 is 0. The van der Waals surface area contributed by atoms with Crippen LogP contribution < -0.4 is 5.56 Å². The van der Waals surface area contributed by atoms with E-state index in [0.717, 1.165) is 5.56 Å². The normalized spacial score (nSPS) is 10.7. The van der Waals surface area contributed by atoms with Crippen LogP contribution in [0.2, 0.25) is 5.02 Å². The average Bonchev–Trinajstić information content (AvgIpc) is 2.39. The third-order valence-electron chi connectivity index (χ3n) is 2.66. The Morgan fingerprint density at radius 2 is 2.00 bits per heavy atom. The predicted octanol–water partition coefficient (Wildman–Crippen LogP) is 2.59. The van der Waals surface area contributed by atoms with E-state index in [9.17, 15) is 4.79 Å². The van der Waals surface area contributed by atoms with Crippen LogP contribution in [0.25, 0.3) is 22.5 Å². The van der Waals surface area contributed by atoms with E-state index in [1.807, 2.05) is 12.1 Å². The molecule has 3 rings (SSSR count). The van der Waals surface area contributed by atoms with Gasteiger partial charge in [0.2, 0.25) is 0 Å². The van der Waals surface area contributed by atoms with Gasteiger partial charge in [0, 0.05) is 16.8 Å². The minimum absolute atomic E-state index is 0.340. The van der Waals surface area contributed by atoms with Crippen molar-refractivity contribution >= 4 is 11.6 Å². The number of nitrogens with zero attached hydrogens (tertiary/aromatic N) is 2. The van der Waals surface area contributed by atoms with Gasteiger partial charge >= 0.3 is 0 Å². The molecule has 0 saturated carbocycles. The van der Waals surface area contributed by atoms with Crippen molar-refractivity contribution in [2.24, 2.45) is 0 Å². The van der Waals surface area contributed by atoms with E-state index in [2.05, 4.69) is 15.2 Å². The van der Waals surface area contributed by atoms with Crippen molar-refractivity contribution in [1.82, 2.24) is 15.2 Å². The largest absolute Gasteiger partial charge is 0.359 e. The van der Waals surface area contributed by atoms with Gasteiger partial charge in [0.15, 0.2) is 0 Å². The number of hydrogen-bond donors (Lipinski definition) is 1. The van der Waals surface area contributed by atoms with Crippen LogP contribution in [0.5, 0.6) is 0 Å². The molecule has 0 amide bonds. The van der Waals surface area contributed by atoms with Crippen LogP contribution in [0.15, 0.2) is 47.4 Å². The fraction of sp³-hybridized carbons (Fsp3) is 0. The van der Waals surface area contributed by atoms with Crippen LogP contribution in [0.4, 0.5) is 0 Å². The van der Waals surface area contributed by atoms with E-state index in [4.69, 9.17) is 11.6 Å². The Hall–Kier alpha value is -2.20. The molecule has 0 fully saturated rings. The molecule has 0 radical (unpaired) electrons. The highest BCUT2D eigenvalue weighted by atomic mass is 35.5. The first-order valence-electron chi connectivity index (χ1n) is 5.36. The highest BCUT2D eigenvalue weighted by Crippen LogP contribution is 2.27. The minimum atomic E-state index is -0.340. The lowest BCUT2D eigenvalue weighted by atomic mass is 10.1. The van der Waals surface area contributed by atoms with Gasteiger partial charge in [-0.3, -0.25) is 4.79 Å². The quantitative estimate of drug-likeness (QED) is 0.729. The molecule has 1 N–H and O–H groups in total. The molecule has 0 atom stereocenters. The van der Waals surface area contributed by atoms with E-state index in [1.165, 1.54) is 0 Å². The highest BCUT2D eigenvalue weighted by molar-refractivity contribution is 6.30. The maximum atomic E-state index is 11.6. The minimum Gasteiger partial charge on any atom is -0.359 e. The van der Waals surface area contributed by atoms with Crippen LogP contribution >= 0.6 is 11.6 Å². The second-order valence-electron chi connectivity index (χ2n) is 3.82. The van der Waals surface area contributed by atoms with E-state index >= 15 is 0 Å². The number of aromatic amines is 1. The number of pyridine rings is 1. The molecule has 4 nitrogen and oxygen atoms in total. The first kappa shape index (κ1) is 10.9. The second kappa shape index (κ2) is 4.23. The predicted molar refractivity (Wildman–Crippen MR) is 69.7 cm³/mol. The SMILES string of the molecule is O=c1nnc(-c2cccc(Cl)c2)c2[nH]cccc1-2. The number of halogens is 1. The molecule has 0 spiro atoms. The van der Waals surface area contributed by atoms with Crippen molar-refractivity contribution in [3.8, 4) is 22.5 Å². The standard InChI is InChI=1S/C13H8ClN3O/c14-9-4-1-3-8(7-9)11-12-10(5-2-6-15-12)13(18)17-16-11/h1-7,15H. The van der Waals surface area contributed by atoms with Gasteiger partial charge in [0.05, 0.1) is 11.3 Å². The van der Waals surface area contributed by atoms with Gasteiger partial charge in [0.1, 0.15) is 5.69 Å². The van der Waals surface area contributed by atoms with Crippen molar-refractivity contribution in [3.05, 3.63) is 58.0 Å². The molecule has 2 aliphatic heterocycles. The average molecular weight is 258 g/mol. The molecule has 0 bridgehead atoms. The van der Waals surface area contributed by atoms with Gasteiger partial charge in [-0.1, -0.05) is 23.7 Å². The summed E-state index contributed by atoms with van der Waals surface area (Å²) in [5.74, 6) is 0. The van der Waals surface area contributed by atoms with E-state index in [1.54, 1.807) is 30.5 Å². The molecule has 5 heteroatoms. The topological polar surface area (TPSA) is 58.6 Å². The summed E-state index contributed by atoms with van der Waals surface area (Å²) in [6, 6.07) is 10.8. The molecule has 0 unspecified atom stereocenters. The Morgan fingerprint density at radius 1 is 1.11 bits per heavy atom. The molecule has 88 valence electrons. The molecule has 1 aromatic rings. The van der Waals surface area contributed by atoms with Gasteiger partial charge in [-0.05, 0) is 24.3 Å². The van der Waals surface area contributed by atoms with Gasteiger partial charge in [-0.2, -0.15) is 0 Å². The fourth-order valence-corrected chi connectivity index (χ4v) is 2.04. The van der Waals surface area contributed by atoms with Crippen molar-refractivity contribution in [2.45, 2.75) is 0 Å². The van der Waals surface area contributed by atoms with Crippen molar-refractivity contribution < 1.29 is 0 Å². The Kier molecular flexibility index (Phi) is 2.57. The van der Waals surface area contributed by atoms with Crippen LogP contribution in [0.1, 0.15) is 0 Å². The maximum Gasteiger partial charge on any atom is 0.297 e. The van der Waals surface area contributed by atoms with Crippen LogP contribution in [0, 0.1) is 0 Å². The molecule has 2 heterocycles. The van der Waals surface area contributed by atoms with Crippen molar-refractivity contribution in [2.75, 3.05) is 0 Å². The Morgan fingerprint density at radius 3 is 2.83 bits per heavy atom. The molecule has 0 aliphatic carbocycles. The molecule has 0 saturated heterocycles. The molecule has 2 aliphatic rings. The summed E-state index contributed by atoms with van der Waals surface area (Å²) in [6.07, 6.45) is 1.75. The molecule has 18 heavy (non-hydrogen) atoms. The van der Waals surface area contributed by atoms with Crippen LogP contribution in [-0.2, 0) is 0 Å². The summed E-state index contributed by atoms with van der Waals surface area (Å²) in [5.41, 5.74) is 2.28. The number of aromatic nitrogens is 3. The van der Waals surface area contributed by atoms with Crippen LogP contribution in [-0.4, -0.2) is 15.2 Å². The molecule has 1 aromatic carbocycles. The van der Waals surface area contributed by atoms with Crippen LogP contribution in [0.3, 0.4) is 0 Å². The second-order valence-corrected chi connectivity index (χ2v) is 4.26. The lowest BCUT2D eigenvalue weighted by molar-refractivity contribution is 0.985. The first-order valence-corrected chi connectivity index (χ1v) is 5.73. The van der Waals surface area contributed by atoms with Gasteiger partial charge < -0.3 is 4.98 Å². The van der Waals surface area contributed by atoms with Gasteiger partial charge in [0.25, 0.3) is 5.56 Å². The summed E-state index contributed by atoms with van der Waals surface area (Å²) >= 11 is 5.96. The molecular formula is C13H8ClN3O. The first-order chi connectivity index (χ1) is 8.75. The van der Waals surface area contributed by atoms with E-state index < -0.39 is 0 Å². The molecule has 0 aromatic heterocycles. The maximum absolute atomic E-state index is 11.6. The molecular weight excluding hydrogens is 250 g/mol. The zero-order valence-corrected chi connectivity index (χ0v) is 9.98. The number of rotatable bonds is 1. The Balaban J connectivity index is 2.32. The van der Waals surface area contributed by atoms with E-state index in [-0.39, 0.29) is 5.56 Å². The monoisotopic (exact) mass is 257 g/mol. The lowest BCUT2D eigenvalue weighted by Gasteiger charge is -2.08. The lowest BCUT2D eigenvalue weighted by Crippen LogP contribution is -2.14. The third-order valence-corrected chi connectivity index (χ3v) is 2.90. The number of fused-ring (bicyclic) bond motifs is 1. The fourth-order valence-electron chi connectivity index (χ4n) is 1.85. The zero-order valence-electron chi connectivity index (χ0n) is 9.22. The number of nitrogens with one attached hydrogen (secondary N) is 1.